The highest BCUT2D eigenvalue weighted by Gasteiger charge is 2.14. The van der Waals surface area contributed by atoms with Gasteiger partial charge >= 0.3 is 0 Å². The fourth-order valence-electron chi connectivity index (χ4n) is 1.74. The molecule has 0 amide bonds. The van der Waals surface area contributed by atoms with Gasteiger partial charge in [-0.05, 0) is 26.3 Å². The molecule has 0 aromatic heterocycles. The van der Waals surface area contributed by atoms with Crippen LogP contribution in [0.1, 0.15) is 31.1 Å². The number of hydrogen-bond donors (Lipinski definition) is 1. The summed E-state index contributed by atoms with van der Waals surface area (Å²) in [6.07, 6.45) is 0.00867. The summed E-state index contributed by atoms with van der Waals surface area (Å²) in [6, 6.07) is 8.27. The lowest BCUT2D eigenvalue weighted by atomic mass is 10.1. The largest absolute Gasteiger partial charge is 0.379 e. The predicted molar refractivity (Wildman–Crippen MR) is 70.0 cm³/mol. The highest BCUT2D eigenvalue weighted by atomic mass is 16.5. The van der Waals surface area contributed by atoms with Crippen LogP contribution in [0.25, 0.3) is 0 Å². The first kappa shape index (κ1) is 14.2. The molecule has 0 saturated carbocycles. The molecule has 2 unspecified atom stereocenters. The number of rotatable bonds is 7. The zero-order valence-electron chi connectivity index (χ0n) is 11.0. The van der Waals surface area contributed by atoms with Crippen LogP contribution in [0.3, 0.4) is 0 Å². The molecule has 0 bridgehead atoms. The third kappa shape index (κ3) is 4.86. The standard InChI is InChI=1S/C14H23NO2/c1-4-16-10-12(3)17-14(9-15)13-7-5-6-11(2)8-13/h5-8,12,14H,4,9-10,15H2,1-3H3. The van der Waals surface area contributed by atoms with Crippen molar-refractivity contribution >= 4 is 0 Å². The van der Waals surface area contributed by atoms with Gasteiger partial charge in [0, 0.05) is 13.2 Å². The summed E-state index contributed by atoms with van der Waals surface area (Å²) in [7, 11) is 0. The molecule has 0 aliphatic heterocycles. The van der Waals surface area contributed by atoms with E-state index >= 15 is 0 Å². The van der Waals surface area contributed by atoms with Crippen LogP contribution in [0, 0.1) is 6.92 Å². The van der Waals surface area contributed by atoms with Crippen LogP contribution in [0.4, 0.5) is 0 Å². The van der Waals surface area contributed by atoms with E-state index in [1.165, 1.54) is 5.56 Å². The lowest BCUT2D eigenvalue weighted by Crippen LogP contribution is -2.24. The second-order valence-electron chi connectivity index (χ2n) is 4.24. The molecule has 1 aromatic carbocycles. The molecule has 0 aliphatic rings. The Morgan fingerprint density at radius 1 is 1.35 bits per heavy atom. The van der Waals surface area contributed by atoms with Crippen LogP contribution in [0.2, 0.25) is 0 Å². The summed E-state index contributed by atoms with van der Waals surface area (Å²) in [4.78, 5) is 0. The fraction of sp³-hybridized carbons (Fsp3) is 0.571. The Bertz CT molecular complexity index is 328. The zero-order valence-corrected chi connectivity index (χ0v) is 11.0. The molecule has 1 rings (SSSR count). The molecule has 0 saturated heterocycles. The minimum absolute atomic E-state index is 0.0506. The van der Waals surface area contributed by atoms with Gasteiger partial charge in [-0.2, -0.15) is 0 Å². The summed E-state index contributed by atoms with van der Waals surface area (Å²) in [5.74, 6) is 0. The van der Waals surface area contributed by atoms with Crippen LogP contribution in [-0.4, -0.2) is 25.9 Å². The summed E-state index contributed by atoms with van der Waals surface area (Å²) in [5.41, 5.74) is 8.13. The molecular formula is C14H23NO2. The van der Waals surface area contributed by atoms with Crippen molar-refractivity contribution < 1.29 is 9.47 Å². The molecule has 0 radical (unpaired) electrons. The first-order valence-electron chi connectivity index (χ1n) is 6.17. The van der Waals surface area contributed by atoms with Gasteiger partial charge in [-0.1, -0.05) is 29.8 Å². The van der Waals surface area contributed by atoms with Crippen LogP contribution >= 0.6 is 0 Å². The van der Waals surface area contributed by atoms with Gasteiger partial charge in [0.2, 0.25) is 0 Å². The van der Waals surface area contributed by atoms with Gasteiger partial charge in [0.25, 0.3) is 0 Å². The minimum Gasteiger partial charge on any atom is -0.379 e. The summed E-state index contributed by atoms with van der Waals surface area (Å²) < 4.78 is 11.2. The van der Waals surface area contributed by atoms with Crippen molar-refractivity contribution in [1.82, 2.24) is 0 Å². The summed E-state index contributed by atoms with van der Waals surface area (Å²) in [6.45, 7) is 7.87. The maximum atomic E-state index is 5.89. The van der Waals surface area contributed by atoms with Crippen molar-refractivity contribution in [2.75, 3.05) is 19.8 Å². The Kier molecular flexibility index (Phi) is 6.19. The number of ether oxygens (including phenoxy) is 2. The van der Waals surface area contributed by atoms with Crippen molar-refractivity contribution in [3.63, 3.8) is 0 Å². The van der Waals surface area contributed by atoms with Crippen molar-refractivity contribution in [1.29, 1.82) is 0 Å². The van der Waals surface area contributed by atoms with Crippen LogP contribution < -0.4 is 5.73 Å². The summed E-state index contributed by atoms with van der Waals surface area (Å²) >= 11 is 0. The molecule has 17 heavy (non-hydrogen) atoms. The van der Waals surface area contributed by atoms with E-state index in [0.29, 0.717) is 19.8 Å². The number of nitrogens with two attached hydrogens (primary N) is 1. The third-order valence-electron chi connectivity index (χ3n) is 2.58. The average Bonchev–Trinajstić information content (AvgIpc) is 2.33. The Morgan fingerprint density at radius 3 is 2.71 bits per heavy atom. The summed E-state index contributed by atoms with van der Waals surface area (Å²) in [5, 5.41) is 0. The molecule has 3 heteroatoms. The zero-order chi connectivity index (χ0) is 12.7. The molecule has 3 nitrogen and oxygen atoms in total. The van der Waals surface area contributed by atoms with E-state index < -0.39 is 0 Å². The van der Waals surface area contributed by atoms with E-state index in [2.05, 4.69) is 25.1 Å². The monoisotopic (exact) mass is 237 g/mol. The smallest absolute Gasteiger partial charge is 0.0951 e. The minimum atomic E-state index is -0.0506. The quantitative estimate of drug-likeness (QED) is 0.792. The van der Waals surface area contributed by atoms with Crippen molar-refractivity contribution in [3.05, 3.63) is 35.4 Å². The van der Waals surface area contributed by atoms with E-state index in [1.54, 1.807) is 0 Å². The van der Waals surface area contributed by atoms with E-state index in [-0.39, 0.29) is 12.2 Å². The molecule has 0 fully saturated rings. The number of hydrogen-bond acceptors (Lipinski definition) is 3. The molecule has 2 atom stereocenters. The van der Waals surface area contributed by atoms with Gasteiger partial charge in [-0.25, -0.2) is 0 Å². The Labute approximate surface area is 104 Å². The van der Waals surface area contributed by atoms with Gasteiger partial charge in [0.05, 0.1) is 18.8 Å². The molecule has 1 aromatic rings. The second kappa shape index (κ2) is 7.43. The molecule has 0 aliphatic carbocycles. The first-order chi connectivity index (χ1) is 8.17. The average molecular weight is 237 g/mol. The molecule has 0 spiro atoms. The van der Waals surface area contributed by atoms with Gasteiger partial charge in [0.1, 0.15) is 0 Å². The molecule has 2 N–H and O–H groups in total. The Balaban J connectivity index is 2.59. The van der Waals surface area contributed by atoms with E-state index in [9.17, 15) is 0 Å². The van der Waals surface area contributed by atoms with Crippen LogP contribution in [0.5, 0.6) is 0 Å². The molecular weight excluding hydrogens is 214 g/mol. The Hall–Kier alpha value is -0.900. The topological polar surface area (TPSA) is 44.5 Å². The first-order valence-corrected chi connectivity index (χ1v) is 6.17. The van der Waals surface area contributed by atoms with Gasteiger partial charge < -0.3 is 15.2 Å². The van der Waals surface area contributed by atoms with E-state index in [1.807, 2.05) is 19.9 Å². The predicted octanol–water partition coefficient (Wildman–Crippen LogP) is 2.44. The van der Waals surface area contributed by atoms with Gasteiger partial charge in [-0.3, -0.25) is 0 Å². The SMILES string of the molecule is CCOCC(C)OC(CN)c1cccc(C)c1. The highest BCUT2D eigenvalue weighted by Crippen LogP contribution is 2.19. The van der Waals surface area contributed by atoms with E-state index in [0.717, 1.165) is 5.56 Å². The molecule has 96 valence electrons. The van der Waals surface area contributed by atoms with Crippen LogP contribution in [0.15, 0.2) is 24.3 Å². The lowest BCUT2D eigenvalue weighted by molar-refractivity contribution is -0.0441. The normalized spacial score (nSPS) is 14.6. The van der Waals surface area contributed by atoms with Gasteiger partial charge in [0.15, 0.2) is 0 Å². The van der Waals surface area contributed by atoms with Gasteiger partial charge in [-0.15, -0.1) is 0 Å². The maximum Gasteiger partial charge on any atom is 0.0951 e. The third-order valence-corrected chi connectivity index (χ3v) is 2.58. The van der Waals surface area contributed by atoms with Crippen molar-refractivity contribution in [2.45, 2.75) is 33.0 Å². The van der Waals surface area contributed by atoms with Crippen molar-refractivity contribution in [2.24, 2.45) is 5.73 Å². The van der Waals surface area contributed by atoms with E-state index in [4.69, 9.17) is 15.2 Å². The number of aryl methyl sites for hydroxylation is 1. The fourth-order valence-corrected chi connectivity index (χ4v) is 1.74. The lowest BCUT2D eigenvalue weighted by Gasteiger charge is -2.21. The Morgan fingerprint density at radius 2 is 2.12 bits per heavy atom. The number of benzene rings is 1. The molecule has 0 heterocycles. The van der Waals surface area contributed by atoms with Crippen LogP contribution in [-0.2, 0) is 9.47 Å². The van der Waals surface area contributed by atoms with Crippen molar-refractivity contribution in [3.8, 4) is 0 Å². The maximum absolute atomic E-state index is 5.89. The highest BCUT2D eigenvalue weighted by molar-refractivity contribution is 5.24. The second-order valence-corrected chi connectivity index (χ2v) is 4.24.